The third-order valence-corrected chi connectivity index (χ3v) is 1.99. The average Bonchev–Trinajstić information content (AvgIpc) is 2.64. The predicted octanol–water partition coefficient (Wildman–Crippen LogP) is 0.690. The Bertz CT molecular complexity index is 320. The molecule has 0 saturated carbocycles. The number of carbonyl (C=O) groups excluding carboxylic acids is 1. The van der Waals surface area contributed by atoms with Gasteiger partial charge in [-0.1, -0.05) is 13.8 Å². The molecular weight excluding hydrogens is 182 g/mol. The van der Waals surface area contributed by atoms with E-state index in [1.165, 1.54) is 6.26 Å². The Hall–Kier alpha value is -1.36. The van der Waals surface area contributed by atoms with Crippen LogP contribution in [0.4, 0.5) is 0 Å². The number of aromatic nitrogens is 1. The van der Waals surface area contributed by atoms with Crippen LogP contribution in [-0.4, -0.2) is 17.9 Å². The summed E-state index contributed by atoms with van der Waals surface area (Å²) in [6.07, 6.45) is 1.32. The second-order valence-electron chi connectivity index (χ2n) is 3.42. The fraction of sp³-hybridized carbons (Fsp3) is 0.556. The topological polar surface area (TPSA) is 81.2 Å². The monoisotopic (exact) mass is 197 g/mol. The van der Waals surface area contributed by atoms with E-state index in [1.807, 2.05) is 13.8 Å². The van der Waals surface area contributed by atoms with Gasteiger partial charge in [0.2, 0.25) is 5.89 Å². The zero-order valence-corrected chi connectivity index (χ0v) is 8.57. The lowest BCUT2D eigenvalue weighted by molar-refractivity contribution is 0.0958. The van der Waals surface area contributed by atoms with Crippen molar-refractivity contribution in [3.05, 3.63) is 17.8 Å². The van der Waals surface area contributed by atoms with Gasteiger partial charge >= 0.3 is 0 Å². The van der Waals surface area contributed by atoms with E-state index in [1.54, 1.807) is 7.05 Å². The molecule has 3 N–H and O–H groups in total. The van der Waals surface area contributed by atoms with E-state index < -0.39 is 0 Å². The van der Waals surface area contributed by atoms with Crippen LogP contribution >= 0.6 is 0 Å². The van der Waals surface area contributed by atoms with Crippen LogP contribution in [0.3, 0.4) is 0 Å². The highest BCUT2D eigenvalue weighted by atomic mass is 16.3. The molecule has 78 valence electrons. The first kappa shape index (κ1) is 10.7. The normalized spacial score (nSPS) is 12.9. The Labute approximate surface area is 82.7 Å². The second-order valence-corrected chi connectivity index (χ2v) is 3.42. The molecule has 1 heterocycles. The van der Waals surface area contributed by atoms with Gasteiger partial charge in [-0.2, -0.15) is 0 Å². The highest BCUT2D eigenvalue weighted by molar-refractivity contribution is 5.91. The molecule has 1 unspecified atom stereocenters. The van der Waals surface area contributed by atoms with Crippen molar-refractivity contribution in [3.63, 3.8) is 0 Å². The van der Waals surface area contributed by atoms with Crippen LogP contribution in [0.1, 0.15) is 36.3 Å². The Kier molecular flexibility index (Phi) is 3.24. The lowest BCUT2D eigenvalue weighted by Gasteiger charge is -2.10. The summed E-state index contributed by atoms with van der Waals surface area (Å²) in [7, 11) is 1.54. The van der Waals surface area contributed by atoms with E-state index >= 15 is 0 Å². The average molecular weight is 197 g/mol. The maximum atomic E-state index is 11.1. The van der Waals surface area contributed by atoms with E-state index in [9.17, 15) is 4.79 Å². The first-order chi connectivity index (χ1) is 6.56. The molecule has 0 fully saturated rings. The van der Waals surface area contributed by atoms with Crippen molar-refractivity contribution in [2.75, 3.05) is 7.05 Å². The number of carbonyl (C=O) groups is 1. The van der Waals surface area contributed by atoms with E-state index in [0.29, 0.717) is 5.89 Å². The first-order valence-electron chi connectivity index (χ1n) is 4.49. The first-order valence-corrected chi connectivity index (χ1v) is 4.49. The van der Waals surface area contributed by atoms with Gasteiger partial charge in [0, 0.05) is 7.05 Å². The van der Waals surface area contributed by atoms with Gasteiger partial charge in [-0.05, 0) is 5.92 Å². The van der Waals surface area contributed by atoms with Gasteiger partial charge in [0.25, 0.3) is 5.91 Å². The Morgan fingerprint density at radius 3 is 2.79 bits per heavy atom. The molecule has 0 aliphatic rings. The SMILES string of the molecule is CNC(=O)c1coc(C(N)C(C)C)n1. The van der Waals surface area contributed by atoms with Crippen LogP contribution in [0, 0.1) is 5.92 Å². The van der Waals surface area contributed by atoms with Crippen molar-refractivity contribution in [2.24, 2.45) is 11.7 Å². The summed E-state index contributed by atoms with van der Waals surface area (Å²) in [5.41, 5.74) is 6.07. The maximum Gasteiger partial charge on any atom is 0.272 e. The van der Waals surface area contributed by atoms with Crippen molar-refractivity contribution < 1.29 is 9.21 Å². The standard InChI is InChI=1S/C9H15N3O2/c1-5(2)7(10)9-12-6(4-14-9)8(13)11-3/h4-5,7H,10H2,1-3H3,(H,11,13). The number of nitrogens with two attached hydrogens (primary N) is 1. The van der Waals surface area contributed by atoms with E-state index in [0.717, 1.165) is 0 Å². The Balaban J connectivity index is 2.82. The van der Waals surface area contributed by atoms with Crippen molar-refractivity contribution in [1.82, 2.24) is 10.3 Å². The van der Waals surface area contributed by atoms with Crippen LogP contribution in [0.2, 0.25) is 0 Å². The molecule has 1 rings (SSSR count). The third-order valence-electron chi connectivity index (χ3n) is 1.99. The molecule has 0 saturated heterocycles. The van der Waals surface area contributed by atoms with Crippen molar-refractivity contribution in [2.45, 2.75) is 19.9 Å². The number of nitrogens with zero attached hydrogens (tertiary/aromatic N) is 1. The molecule has 0 aliphatic carbocycles. The number of rotatable bonds is 3. The summed E-state index contributed by atoms with van der Waals surface area (Å²) in [5, 5.41) is 2.46. The largest absolute Gasteiger partial charge is 0.446 e. The highest BCUT2D eigenvalue weighted by Crippen LogP contribution is 2.17. The van der Waals surface area contributed by atoms with Crippen LogP contribution < -0.4 is 11.1 Å². The second kappa shape index (κ2) is 4.23. The molecule has 0 radical (unpaired) electrons. The number of nitrogens with one attached hydrogen (secondary N) is 1. The van der Waals surface area contributed by atoms with Crippen LogP contribution in [0.5, 0.6) is 0 Å². The molecule has 1 amide bonds. The minimum absolute atomic E-state index is 0.228. The van der Waals surface area contributed by atoms with Crippen molar-refractivity contribution in [3.8, 4) is 0 Å². The van der Waals surface area contributed by atoms with Gasteiger partial charge in [-0.3, -0.25) is 4.79 Å². The minimum Gasteiger partial charge on any atom is -0.446 e. The molecule has 1 aromatic rings. The molecule has 0 bridgehead atoms. The molecule has 1 aromatic heterocycles. The maximum absolute atomic E-state index is 11.1. The van der Waals surface area contributed by atoms with Gasteiger partial charge in [0.05, 0.1) is 6.04 Å². The van der Waals surface area contributed by atoms with Crippen molar-refractivity contribution in [1.29, 1.82) is 0 Å². The molecule has 0 aliphatic heterocycles. The summed E-state index contributed by atoms with van der Waals surface area (Å²) >= 11 is 0. The summed E-state index contributed by atoms with van der Waals surface area (Å²) < 4.78 is 5.11. The van der Waals surface area contributed by atoms with Crippen LogP contribution in [-0.2, 0) is 0 Å². The molecule has 1 atom stereocenters. The van der Waals surface area contributed by atoms with Crippen LogP contribution in [0.25, 0.3) is 0 Å². The van der Waals surface area contributed by atoms with E-state index in [-0.39, 0.29) is 23.6 Å². The van der Waals surface area contributed by atoms with Gasteiger partial charge in [-0.25, -0.2) is 4.98 Å². The van der Waals surface area contributed by atoms with Gasteiger partial charge in [0.15, 0.2) is 5.69 Å². The number of amides is 1. The smallest absolute Gasteiger partial charge is 0.272 e. The molecule has 0 spiro atoms. The highest BCUT2D eigenvalue weighted by Gasteiger charge is 2.18. The number of hydrogen-bond donors (Lipinski definition) is 2. The zero-order valence-electron chi connectivity index (χ0n) is 8.57. The van der Waals surface area contributed by atoms with E-state index in [2.05, 4.69) is 10.3 Å². The molecule has 5 nitrogen and oxygen atoms in total. The Morgan fingerprint density at radius 2 is 2.29 bits per heavy atom. The summed E-state index contributed by atoms with van der Waals surface area (Å²) in [5.74, 6) is 0.362. The lowest BCUT2D eigenvalue weighted by atomic mass is 10.1. The van der Waals surface area contributed by atoms with Gasteiger partial charge in [0.1, 0.15) is 6.26 Å². The zero-order chi connectivity index (χ0) is 10.7. The summed E-state index contributed by atoms with van der Waals surface area (Å²) in [6, 6.07) is -0.270. The predicted molar refractivity (Wildman–Crippen MR) is 51.7 cm³/mol. The fourth-order valence-electron chi connectivity index (χ4n) is 0.958. The van der Waals surface area contributed by atoms with E-state index in [4.69, 9.17) is 10.2 Å². The van der Waals surface area contributed by atoms with Gasteiger partial charge < -0.3 is 15.5 Å². The van der Waals surface area contributed by atoms with Crippen LogP contribution in [0.15, 0.2) is 10.7 Å². The molecule has 0 aromatic carbocycles. The molecular formula is C9H15N3O2. The number of hydrogen-bond acceptors (Lipinski definition) is 4. The molecule has 14 heavy (non-hydrogen) atoms. The lowest BCUT2D eigenvalue weighted by Crippen LogP contribution is -2.20. The Morgan fingerprint density at radius 1 is 1.64 bits per heavy atom. The minimum atomic E-state index is -0.270. The number of oxazole rings is 1. The summed E-state index contributed by atoms with van der Waals surface area (Å²) in [6.45, 7) is 3.93. The quantitative estimate of drug-likeness (QED) is 0.747. The fourth-order valence-corrected chi connectivity index (χ4v) is 0.958. The van der Waals surface area contributed by atoms with Crippen molar-refractivity contribution >= 4 is 5.91 Å². The third kappa shape index (κ3) is 2.11. The summed E-state index contributed by atoms with van der Waals surface area (Å²) in [4.78, 5) is 15.1. The van der Waals surface area contributed by atoms with Gasteiger partial charge in [-0.15, -0.1) is 0 Å². The molecule has 5 heteroatoms.